The van der Waals surface area contributed by atoms with E-state index in [2.05, 4.69) is 62.5 Å². The number of hydrogen-bond acceptors (Lipinski definition) is 0. The van der Waals surface area contributed by atoms with E-state index in [1.54, 1.807) is 11.1 Å². The Kier molecular flexibility index (Phi) is 2.95. The fourth-order valence-corrected chi connectivity index (χ4v) is 3.44. The van der Waals surface area contributed by atoms with Crippen molar-refractivity contribution in [1.82, 2.24) is 0 Å². The molecule has 2 unspecified atom stereocenters. The van der Waals surface area contributed by atoms with Crippen LogP contribution in [0.25, 0.3) is 0 Å². The average molecular weight is 236 g/mol. The van der Waals surface area contributed by atoms with Crippen molar-refractivity contribution in [1.29, 1.82) is 0 Å². The largest absolute Gasteiger partial charge is 0.0874 e. The second-order valence-corrected chi connectivity index (χ2v) is 5.28. The van der Waals surface area contributed by atoms with Crippen molar-refractivity contribution in [2.75, 3.05) is 0 Å². The van der Waals surface area contributed by atoms with Gasteiger partial charge in [-0.15, -0.1) is 0 Å². The second-order valence-electron chi connectivity index (χ2n) is 5.28. The first-order valence-electron chi connectivity index (χ1n) is 6.91. The lowest BCUT2D eigenvalue weighted by Gasteiger charge is -2.36. The lowest BCUT2D eigenvalue weighted by molar-refractivity contribution is 0.590. The van der Waals surface area contributed by atoms with Crippen LogP contribution in [0.15, 0.2) is 70.9 Å². The molecule has 0 aromatic carbocycles. The van der Waals surface area contributed by atoms with E-state index in [1.807, 2.05) is 0 Å². The van der Waals surface area contributed by atoms with Crippen molar-refractivity contribution in [3.8, 4) is 0 Å². The van der Waals surface area contributed by atoms with Crippen LogP contribution in [-0.4, -0.2) is 0 Å². The third kappa shape index (κ3) is 1.68. The van der Waals surface area contributed by atoms with Crippen molar-refractivity contribution >= 4 is 0 Å². The minimum Gasteiger partial charge on any atom is -0.0874 e. The van der Waals surface area contributed by atoms with Crippen molar-refractivity contribution in [3.05, 3.63) is 70.9 Å². The number of rotatable bonds is 1. The molecule has 3 aliphatic rings. The molecule has 0 saturated carbocycles. The Morgan fingerprint density at radius 3 is 2.72 bits per heavy atom. The van der Waals surface area contributed by atoms with Gasteiger partial charge in [0.2, 0.25) is 0 Å². The van der Waals surface area contributed by atoms with Gasteiger partial charge in [0.25, 0.3) is 0 Å². The van der Waals surface area contributed by atoms with Crippen LogP contribution in [0.4, 0.5) is 0 Å². The molecule has 0 N–H and O–H groups in total. The second kappa shape index (κ2) is 4.61. The fraction of sp³-hybridized carbons (Fsp3) is 0.333. The predicted molar refractivity (Wildman–Crippen MR) is 78.2 cm³/mol. The highest BCUT2D eigenvalue weighted by Gasteiger charge is 2.32. The predicted octanol–water partition coefficient (Wildman–Crippen LogP) is 4.90. The smallest absolute Gasteiger partial charge is 0.0127 e. The maximum atomic E-state index is 2.37. The molecule has 0 heterocycles. The summed E-state index contributed by atoms with van der Waals surface area (Å²) < 4.78 is 0. The molecular formula is C18H20. The van der Waals surface area contributed by atoms with Gasteiger partial charge < -0.3 is 0 Å². The van der Waals surface area contributed by atoms with E-state index in [0.29, 0.717) is 11.8 Å². The van der Waals surface area contributed by atoms with Gasteiger partial charge >= 0.3 is 0 Å². The van der Waals surface area contributed by atoms with Gasteiger partial charge in [0.1, 0.15) is 0 Å². The van der Waals surface area contributed by atoms with Gasteiger partial charge in [-0.05, 0) is 49.0 Å². The van der Waals surface area contributed by atoms with Crippen LogP contribution < -0.4 is 0 Å². The van der Waals surface area contributed by atoms with Crippen LogP contribution >= 0.6 is 0 Å². The maximum absolute atomic E-state index is 2.37. The molecule has 0 fully saturated rings. The zero-order valence-electron chi connectivity index (χ0n) is 11.2. The van der Waals surface area contributed by atoms with Crippen molar-refractivity contribution in [2.24, 2.45) is 11.8 Å². The van der Waals surface area contributed by atoms with E-state index >= 15 is 0 Å². The van der Waals surface area contributed by atoms with E-state index in [4.69, 9.17) is 0 Å². The Balaban J connectivity index is 2.17. The molecule has 18 heavy (non-hydrogen) atoms. The minimum absolute atomic E-state index is 0.535. The Bertz CT molecular complexity index is 520. The number of hydrogen-bond donors (Lipinski definition) is 0. The summed E-state index contributed by atoms with van der Waals surface area (Å²) in [6.45, 7) is 4.41. The molecule has 0 heteroatoms. The molecule has 0 radical (unpaired) electrons. The summed E-state index contributed by atoms with van der Waals surface area (Å²) in [7, 11) is 0. The summed E-state index contributed by atoms with van der Waals surface area (Å²) in [5.74, 6) is 1.09. The first-order valence-corrected chi connectivity index (χ1v) is 6.91. The monoisotopic (exact) mass is 236 g/mol. The molecule has 0 aromatic rings. The summed E-state index contributed by atoms with van der Waals surface area (Å²) in [6, 6.07) is 0. The summed E-state index contributed by atoms with van der Waals surface area (Å²) in [4.78, 5) is 0. The van der Waals surface area contributed by atoms with Crippen molar-refractivity contribution in [2.45, 2.75) is 26.7 Å². The first kappa shape index (κ1) is 11.5. The highest BCUT2D eigenvalue weighted by atomic mass is 14.4. The van der Waals surface area contributed by atoms with E-state index in [0.717, 1.165) is 0 Å². The Hall–Kier alpha value is -1.56. The molecule has 0 nitrogen and oxygen atoms in total. The molecule has 0 spiro atoms. The standard InChI is InChI=1S/C18H20/c1-3-8-14-13(2)15-9-4-5-11-17(15)18-12-7-6-10-16(14)18/h3,5-8,10-12,16,18H,4,9H2,1-2H3. The summed E-state index contributed by atoms with van der Waals surface area (Å²) in [5, 5.41) is 0. The Morgan fingerprint density at radius 1 is 1.17 bits per heavy atom. The van der Waals surface area contributed by atoms with E-state index in [-0.39, 0.29) is 0 Å². The van der Waals surface area contributed by atoms with Gasteiger partial charge in [0, 0.05) is 11.8 Å². The Morgan fingerprint density at radius 2 is 1.94 bits per heavy atom. The van der Waals surface area contributed by atoms with Crippen LogP contribution in [0, 0.1) is 11.8 Å². The third-order valence-corrected chi connectivity index (χ3v) is 4.29. The average Bonchev–Trinajstić information content (AvgIpc) is 2.43. The van der Waals surface area contributed by atoms with E-state index < -0.39 is 0 Å². The summed E-state index contributed by atoms with van der Waals surface area (Å²) in [6.07, 6.45) is 20.7. The summed E-state index contributed by atoms with van der Waals surface area (Å²) in [5.41, 5.74) is 6.16. The molecular weight excluding hydrogens is 216 g/mol. The molecule has 92 valence electrons. The van der Waals surface area contributed by atoms with Crippen molar-refractivity contribution in [3.63, 3.8) is 0 Å². The van der Waals surface area contributed by atoms with Gasteiger partial charge in [0.15, 0.2) is 0 Å². The quantitative estimate of drug-likeness (QED) is 0.607. The molecule has 0 saturated heterocycles. The van der Waals surface area contributed by atoms with Crippen LogP contribution in [0.5, 0.6) is 0 Å². The molecule has 0 aromatic heterocycles. The van der Waals surface area contributed by atoms with Crippen LogP contribution in [0.1, 0.15) is 26.7 Å². The molecule has 2 atom stereocenters. The zero-order chi connectivity index (χ0) is 12.5. The number of allylic oxidation sites excluding steroid dienone is 12. The van der Waals surface area contributed by atoms with Crippen molar-refractivity contribution < 1.29 is 0 Å². The van der Waals surface area contributed by atoms with Crippen LogP contribution in [0.3, 0.4) is 0 Å². The highest BCUT2D eigenvalue weighted by molar-refractivity contribution is 5.55. The van der Waals surface area contributed by atoms with Crippen LogP contribution in [-0.2, 0) is 0 Å². The molecule has 0 aliphatic heterocycles. The zero-order valence-corrected chi connectivity index (χ0v) is 11.2. The lowest BCUT2D eigenvalue weighted by atomic mass is 9.68. The minimum atomic E-state index is 0.535. The van der Waals surface area contributed by atoms with Gasteiger partial charge in [-0.2, -0.15) is 0 Å². The first-order chi connectivity index (χ1) is 8.83. The van der Waals surface area contributed by atoms with Gasteiger partial charge in [-0.1, -0.05) is 48.6 Å². The summed E-state index contributed by atoms with van der Waals surface area (Å²) >= 11 is 0. The van der Waals surface area contributed by atoms with E-state index in [9.17, 15) is 0 Å². The van der Waals surface area contributed by atoms with Gasteiger partial charge in [-0.25, -0.2) is 0 Å². The topological polar surface area (TPSA) is 0 Å². The molecule has 0 bridgehead atoms. The molecule has 3 rings (SSSR count). The van der Waals surface area contributed by atoms with Gasteiger partial charge in [-0.3, -0.25) is 0 Å². The number of fused-ring (bicyclic) bond motifs is 2. The van der Waals surface area contributed by atoms with Gasteiger partial charge in [0.05, 0.1) is 0 Å². The lowest BCUT2D eigenvalue weighted by Crippen LogP contribution is -2.24. The molecule has 3 aliphatic carbocycles. The highest BCUT2D eigenvalue weighted by Crippen LogP contribution is 2.45. The van der Waals surface area contributed by atoms with Crippen LogP contribution in [0.2, 0.25) is 0 Å². The fourth-order valence-electron chi connectivity index (χ4n) is 3.44. The third-order valence-electron chi connectivity index (χ3n) is 4.29. The normalized spacial score (nSPS) is 30.1. The van der Waals surface area contributed by atoms with E-state index in [1.165, 1.54) is 24.0 Å². The SMILES string of the molecule is CC=CC1=C(C)C2=C(C=CCC2)C2C=CC=CC12. The maximum Gasteiger partial charge on any atom is 0.0127 e. The Labute approximate surface area is 110 Å². The molecule has 0 amide bonds.